The predicted molar refractivity (Wildman–Crippen MR) is 113 cm³/mol. The van der Waals surface area contributed by atoms with Crippen molar-refractivity contribution >= 4 is 17.6 Å². The number of benzene rings is 2. The summed E-state index contributed by atoms with van der Waals surface area (Å²) in [6.45, 7) is 6.69. The van der Waals surface area contributed by atoms with Crippen LogP contribution < -0.4 is 11.1 Å². The number of ketones is 1. The molecule has 0 bridgehead atoms. The van der Waals surface area contributed by atoms with Crippen LogP contribution in [-0.4, -0.2) is 23.5 Å². The lowest BCUT2D eigenvalue weighted by Crippen LogP contribution is -2.38. The molecule has 5 nitrogen and oxygen atoms in total. The first-order valence-corrected chi connectivity index (χ1v) is 10.1. The van der Waals surface area contributed by atoms with Crippen molar-refractivity contribution in [2.75, 3.05) is 5.73 Å². The maximum absolute atomic E-state index is 13.1. The van der Waals surface area contributed by atoms with Crippen molar-refractivity contribution < 1.29 is 40.7 Å². The number of nitrogens with one attached hydrogen (secondary N) is 1. The van der Waals surface area contributed by atoms with E-state index in [-0.39, 0.29) is 23.7 Å². The van der Waals surface area contributed by atoms with Crippen LogP contribution in [0, 0.1) is 0 Å². The Bertz CT molecular complexity index is 1040. The molecule has 2 rings (SSSR count). The van der Waals surface area contributed by atoms with Crippen molar-refractivity contribution in [3.05, 3.63) is 64.2 Å². The van der Waals surface area contributed by atoms with E-state index in [1.165, 1.54) is 18.2 Å². The van der Waals surface area contributed by atoms with E-state index in [0.29, 0.717) is 17.7 Å². The molecule has 0 aliphatic carbocycles. The fourth-order valence-corrected chi connectivity index (χ4v) is 3.07. The highest BCUT2D eigenvalue weighted by Gasteiger charge is 2.37. The highest BCUT2D eigenvalue weighted by atomic mass is 19.4. The lowest BCUT2D eigenvalue weighted by molar-refractivity contribution is -0.143. The molecule has 0 aliphatic heterocycles. The largest absolute Gasteiger partial charge is 0.444 e. The minimum Gasteiger partial charge on any atom is -0.444 e. The summed E-state index contributed by atoms with van der Waals surface area (Å²) in [6.07, 6.45) is -10.7. The van der Waals surface area contributed by atoms with Gasteiger partial charge in [0.05, 0.1) is 11.1 Å². The average Bonchev–Trinajstić information content (AvgIpc) is 2.65. The summed E-state index contributed by atoms with van der Waals surface area (Å²) in [4.78, 5) is 24.8. The fraction of sp³-hybridized carbons (Fsp3) is 0.391. The zero-order chi connectivity index (χ0) is 26.1. The fourth-order valence-electron chi connectivity index (χ4n) is 3.07. The van der Waals surface area contributed by atoms with Gasteiger partial charge in [-0.2, -0.15) is 26.3 Å². The first kappa shape index (κ1) is 27.0. The number of nitrogens with two attached hydrogens (primary N) is 1. The van der Waals surface area contributed by atoms with Crippen LogP contribution in [0.1, 0.15) is 60.3 Å². The molecular formula is C23H24F6N2O3. The van der Waals surface area contributed by atoms with Gasteiger partial charge in [-0.05, 0) is 76.1 Å². The number of amides is 1. The molecule has 0 fully saturated rings. The minimum absolute atomic E-state index is 0.0464. The van der Waals surface area contributed by atoms with E-state index in [0.717, 1.165) is 0 Å². The summed E-state index contributed by atoms with van der Waals surface area (Å²) < 4.78 is 83.9. The van der Waals surface area contributed by atoms with E-state index < -0.39 is 52.6 Å². The second-order valence-corrected chi connectivity index (χ2v) is 8.79. The Morgan fingerprint density at radius 3 is 1.91 bits per heavy atom. The van der Waals surface area contributed by atoms with E-state index in [4.69, 9.17) is 10.5 Å². The van der Waals surface area contributed by atoms with Gasteiger partial charge in [-0.15, -0.1) is 0 Å². The number of rotatable bonds is 5. The average molecular weight is 490 g/mol. The monoisotopic (exact) mass is 490 g/mol. The maximum Gasteiger partial charge on any atom is 0.416 e. The molecule has 1 atom stereocenters. The molecule has 0 saturated carbocycles. The van der Waals surface area contributed by atoms with Crippen LogP contribution in [0.5, 0.6) is 0 Å². The maximum atomic E-state index is 13.1. The quantitative estimate of drug-likeness (QED) is 0.306. The number of hydrogen-bond donors (Lipinski definition) is 2. The van der Waals surface area contributed by atoms with Gasteiger partial charge in [0.25, 0.3) is 0 Å². The molecule has 0 aliphatic rings. The van der Waals surface area contributed by atoms with E-state index in [9.17, 15) is 35.9 Å². The van der Waals surface area contributed by atoms with E-state index in [1.807, 2.05) is 0 Å². The third-order valence-corrected chi connectivity index (χ3v) is 4.54. The Balaban J connectivity index is 2.35. The van der Waals surface area contributed by atoms with Gasteiger partial charge in [-0.3, -0.25) is 4.79 Å². The number of alkyl halides is 6. The van der Waals surface area contributed by atoms with Gasteiger partial charge >= 0.3 is 18.4 Å². The molecule has 0 aromatic heterocycles. The van der Waals surface area contributed by atoms with E-state index in [1.54, 1.807) is 27.7 Å². The number of halogens is 6. The number of alkyl carbamates (subject to hydrolysis) is 1. The molecule has 0 spiro atoms. The molecule has 0 saturated heterocycles. The molecule has 1 amide bonds. The molecule has 34 heavy (non-hydrogen) atoms. The lowest BCUT2D eigenvalue weighted by Gasteiger charge is -2.22. The molecule has 11 heteroatoms. The Labute approximate surface area is 192 Å². The van der Waals surface area contributed by atoms with Gasteiger partial charge in [0, 0.05) is 22.9 Å². The molecule has 3 N–H and O–H groups in total. The highest BCUT2D eigenvalue weighted by molar-refractivity contribution is 6.09. The van der Waals surface area contributed by atoms with Crippen molar-refractivity contribution in [3.8, 4) is 0 Å². The lowest BCUT2D eigenvalue weighted by atomic mass is 9.95. The number of carbonyl (C=O) groups excluding carboxylic acids is 2. The summed E-state index contributed by atoms with van der Waals surface area (Å²) >= 11 is 0. The summed E-state index contributed by atoms with van der Waals surface area (Å²) in [5, 5.41) is 2.59. The number of nitrogen functional groups attached to an aromatic ring is 1. The molecule has 1 unspecified atom stereocenters. The van der Waals surface area contributed by atoms with Crippen molar-refractivity contribution in [2.24, 2.45) is 0 Å². The Morgan fingerprint density at radius 1 is 0.912 bits per heavy atom. The van der Waals surface area contributed by atoms with Gasteiger partial charge in [0.1, 0.15) is 5.60 Å². The summed E-state index contributed by atoms with van der Waals surface area (Å²) in [5.74, 6) is -1.04. The third kappa shape index (κ3) is 7.39. The number of anilines is 1. The second-order valence-electron chi connectivity index (χ2n) is 8.79. The molecule has 186 valence electrons. The van der Waals surface area contributed by atoms with Crippen molar-refractivity contribution in [1.29, 1.82) is 0 Å². The zero-order valence-electron chi connectivity index (χ0n) is 18.8. The van der Waals surface area contributed by atoms with Gasteiger partial charge in [0.2, 0.25) is 0 Å². The standard InChI is InChI=1S/C23H24F6N2O3/c1-12(31-20(33)34-21(2,3)4)7-14-8-13(5-6-18(14)30)19(32)15-9-16(22(24,25)26)11-17(10-15)23(27,28)29/h5-6,8-12H,7,30H2,1-4H3,(H,31,33). The minimum atomic E-state index is -5.08. The molecular weight excluding hydrogens is 466 g/mol. The molecule has 0 heterocycles. The van der Waals surface area contributed by atoms with Crippen molar-refractivity contribution in [1.82, 2.24) is 5.32 Å². The van der Waals surface area contributed by atoms with Crippen LogP contribution in [0.15, 0.2) is 36.4 Å². The number of hydrogen-bond acceptors (Lipinski definition) is 4. The third-order valence-electron chi connectivity index (χ3n) is 4.54. The molecule has 2 aromatic rings. The van der Waals surface area contributed by atoms with Crippen LogP contribution in [0.3, 0.4) is 0 Å². The summed E-state index contributed by atoms with van der Waals surface area (Å²) in [6, 6.07) is 4.00. The first-order valence-electron chi connectivity index (χ1n) is 10.1. The Hall–Kier alpha value is -3.24. The summed E-state index contributed by atoms with van der Waals surface area (Å²) in [5.41, 5.74) is 1.70. The number of carbonyl (C=O) groups is 2. The van der Waals surface area contributed by atoms with Crippen molar-refractivity contribution in [2.45, 2.75) is 58.1 Å². The highest BCUT2D eigenvalue weighted by Crippen LogP contribution is 2.37. The van der Waals surface area contributed by atoms with Crippen LogP contribution in [0.4, 0.5) is 36.8 Å². The normalized spacial score (nSPS) is 13.4. The topological polar surface area (TPSA) is 81.4 Å². The second kappa shape index (κ2) is 9.55. The van der Waals surface area contributed by atoms with E-state index in [2.05, 4.69) is 5.32 Å². The summed E-state index contributed by atoms with van der Waals surface area (Å²) in [7, 11) is 0. The van der Waals surface area contributed by atoms with Crippen LogP contribution in [0.2, 0.25) is 0 Å². The van der Waals surface area contributed by atoms with Gasteiger partial charge in [-0.1, -0.05) is 0 Å². The Kier molecular flexibility index (Phi) is 7.59. The zero-order valence-corrected chi connectivity index (χ0v) is 18.8. The van der Waals surface area contributed by atoms with Crippen LogP contribution in [-0.2, 0) is 23.5 Å². The molecule has 0 radical (unpaired) electrons. The van der Waals surface area contributed by atoms with E-state index >= 15 is 0 Å². The smallest absolute Gasteiger partial charge is 0.416 e. The van der Waals surface area contributed by atoms with Crippen molar-refractivity contribution in [3.63, 3.8) is 0 Å². The van der Waals surface area contributed by atoms with Crippen LogP contribution in [0.25, 0.3) is 0 Å². The SMILES string of the molecule is CC(Cc1cc(C(=O)c2cc(C(F)(F)F)cc(C(F)(F)F)c2)ccc1N)NC(=O)OC(C)(C)C. The molecule has 2 aromatic carbocycles. The van der Waals surface area contributed by atoms with Gasteiger partial charge < -0.3 is 15.8 Å². The first-order chi connectivity index (χ1) is 15.4. The Morgan fingerprint density at radius 2 is 1.44 bits per heavy atom. The predicted octanol–water partition coefficient (Wildman–Crippen LogP) is 5.99. The van der Waals surface area contributed by atoms with Gasteiger partial charge in [0.15, 0.2) is 5.78 Å². The van der Waals surface area contributed by atoms with Gasteiger partial charge in [-0.25, -0.2) is 4.79 Å². The van der Waals surface area contributed by atoms with Crippen LogP contribution >= 0.6 is 0 Å². The number of ether oxygens (including phenoxy) is 1.